The first kappa shape index (κ1) is 28.4. The molecule has 3 aromatic carbocycles. The third-order valence-electron chi connectivity index (χ3n) is 7.06. The molecule has 212 valence electrons. The summed E-state index contributed by atoms with van der Waals surface area (Å²) in [6, 6.07) is 24.2. The Morgan fingerprint density at radius 2 is 1.76 bits per heavy atom. The number of aromatic amines is 1. The van der Waals surface area contributed by atoms with E-state index in [1.807, 2.05) is 61.5 Å². The van der Waals surface area contributed by atoms with Gasteiger partial charge in [-0.25, -0.2) is 0 Å². The summed E-state index contributed by atoms with van der Waals surface area (Å²) >= 11 is 6.26. The lowest BCUT2D eigenvalue weighted by Crippen LogP contribution is -2.23. The van der Waals surface area contributed by atoms with Gasteiger partial charge in [0.1, 0.15) is 0 Å². The highest BCUT2D eigenvalue weighted by Gasteiger charge is 2.24. The van der Waals surface area contributed by atoms with Crippen LogP contribution in [-0.4, -0.2) is 42.0 Å². The number of benzene rings is 3. The molecule has 1 unspecified atom stereocenters. The highest BCUT2D eigenvalue weighted by molar-refractivity contribution is 6.30. The summed E-state index contributed by atoms with van der Waals surface area (Å²) in [7, 11) is 1.69. The molecule has 0 aliphatic rings. The number of halogens is 1. The van der Waals surface area contributed by atoms with E-state index < -0.39 is 0 Å². The van der Waals surface area contributed by atoms with Crippen molar-refractivity contribution in [1.82, 2.24) is 30.5 Å². The number of H-pyrrole nitrogens is 1. The molecule has 3 N–H and O–H groups in total. The van der Waals surface area contributed by atoms with Gasteiger partial charge in [0.05, 0.1) is 18.2 Å². The highest BCUT2D eigenvalue weighted by Crippen LogP contribution is 2.33. The molecule has 2 aromatic heterocycles. The first-order chi connectivity index (χ1) is 20.3. The van der Waals surface area contributed by atoms with Gasteiger partial charge in [0.25, 0.3) is 5.91 Å². The summed E-state index contributed by atoms with van der Waals surface area (Å²) in [5.41, 5.74) is 6.54. The lowest BCUT2D eigenvalue weighted by atomic mass is 9.82. The summed E-state index contributed by atoms with van der Waals surface area (Å²) in [4.78, 5) is 24.4. The largest absolute Gasteiger partial charge is 0.411 e. The number of pyridine rings is 1. The van der Waals surface area contributed by atoms with Crippen LogP contribution >= 0.6 is 11.6 Å². The molecule has 1 atom stereocenters. The van der Waals surface area contributed by atoms with Crippen LogP contribution in [0.2, 0.25) is 5.02 Å². The number of oxime groups is 1. The van der Waals surface area contributed by atoms with Crippen molar-refractivity contribution >= 4 is 23.2 Å². The minimum absolute atomic E-state index is 0.112. The fraction of sp³-hybridized carbons (Fsp3) is 0.161. The van der Waals surface area contributed by atoms with Gasteiger partial charge < -0.3 is 15.1 Å². The Bertz CT molecular complexity index is 1780. The predicted molar refractivity (Wildman–Crippen MR) is 160 cm³/mol. The molecule has 42 heavy (non-hydrogen) atoms. The zero-order valence-electron chi connectivity index (χ0n) is 23.0. The molecule has 5 rings (SSSR count). The van der Waals surface area contributed by atoms with Crippen molar-refractivity contribution in [3.63, 3.8) is 0 Å². The number of amides is 1. The second-order valence-electron chi connectivity index (χ2n) is 9.90. The molecule has 0 radical (unpaired) electrons. The van der Waals surface area contributed by atoms with Crippen molar-refractivity contribution in [3.05, 3.63) is 134 Å². The summed E-state index contributed by atoms with van der Waals surface area (Å²) in [5.74, 6) is -0.197. The second kappa shape index (κ2) is 12.6. The molecule has 1 amide bonds. The number of aryl methyl sites for hydroxylation is 2. The van der Waals surface area contributed by atoms with Crippen molar-refractivity contribution in [2.75, 3.05) is 0 Å². The van der Waals surface area contributed by atoms with Crippen molar-refractivity contribution in [1.29, 1.82) is 0 Å². The van der Waals surface area contributed by atoms with Crippen LogP contribution in [0.3, 0.4) is 0 Å². The van der Waals surface area contributed by atoms with Gasteiger partial charge in [0.2, 0.25) is 5.56 Å². The predicted octanol–water partition coefficient (Wildman–Crippen LogP) is 4.66. The van der Waals surface area contributed by atoms with E-state index in [2.05, 4.69) is 31.1 Å². The van der Waals surface area contributed by atoms with Gasteiger partial charge in [0, 0.05) is 36.3 Å². The van der Waals surface area contributed by atoms with Crippen LogP contribution in [0.1, 0.15) is 44.4 Å². The van der Waals surface area contributed by atoms with Crippen molar-refractivity contribution in [2.45, 2.75) is 25.8 Å². The third-order valence-corrected chi connectivity index (χ3v) is 7.29. The maximum atomic E-state index is 12.5. The van der Waals surface area contributed by atoms with Crippen LogP contribution in [0.5, 0.6) is 0 Å². The Balaban J connectivity index is 1.41. The first-order valence-electron chi connectivity index (χ1n) is 13.2. The monoisotopic (exact) mass is 581 g/mol. The molecular formula is C31H28ClN7O3. The number of tetrazole rings is 1. The van der Waals surface area contributed by atoms with E-state index in [9.17, 15) is 14.8 Å². The van der Waals surface area contributed by atoms with Crippen molar-refractivity contribution < 1.29 is 10.0 Å². The average Bonchev–Trinajstić information content (AvgIpc) is 3.52. The number of hydrogen-bond acceptors (Lipinski definition) is 7. The zero-order chi connectivity index (χ0) is 29.6. The van der Waals surface area contributed by atoms with Crippen LogP contribution in [-0.2, 0) is 20.0 Å². The van der Waals surface area contributed by atoms with E-state index in [0.717, 1.165) is 33.4 Å². The molecule has 0 aliphatic carbocycles. The van der Waals surface area contributed by atoms with Gasteiger partial charge in [-0.1, -0.05) is 70.5 Å². The summed E-state index contributed by atoms with van der Waals surface area (Å²) in [5, 5.41) is 30.8. The number of rotatable bonds is 9. The van der Waals surface area contributed by atoms with E-state index in [4.69, 9.17) is 11.6 Å². The Kier molecular flexibility index (Phi) is 8.54. The minimum atomic E-state index is -0.358. The topological polar surface area (TPSA) is 138 Å². The normalized spacial score (nSPS) is 12.2. The minimum Gasteiger partial charge on any atom is -0.411 e. The Labute approximate surface area is 246 Å². The number of nitrogens with zero attached hydrogens (tertiary/aromatic N) is 5. The standard InChI is InChI=1S/C31H28ClN7O3/c1-19-15-25(32)12-13-26(19)30(27(36-42)16-20-3-14-29(40)39(2)18-20)23-8-4-21(5-9-23)22-6-10-24(11-7-22)31(41)33-17-28-34-37-38-35-28/h3-15,18,30,42H,16-17H2,1-2H3,(H,33,41)(H,34,35,37,38)/b36-27+. The van der Waals surface area contributed by atoms with Gasteiger partial charge in [-0.2, -0.15) is 5.21 Å². The average molecular weight is 582 g/mol. The molecule has 0 spiro atoms. The molecule has 0 bridgehead atoms. The lowest BCUT2D eigenvalue weighted by molar-refractivity contribution is 0.0950. The number of carbonyl (C=O) groups excluding carboxylic acids is 1. The van der Waals surface area contributed by atoms with Gasteiger partial charge in [-0.05, 0) is 64.6 Å². The molecular weight excluding hydrogens is 554 g/mol. The van der Waals surface area contributed by atoms with Crippen LogP contribution in [0.4, 0.5) is 0 Å². The fourth-order valence-corrected chi connectivity index (χ4v) is 5.10. The number of nitrogens with one attached hydrogen (secondary N) is 2. The zero-order valence-corrected chi connectivity index (χ0v) is 23.7. The molecule has 11 heteroatoms. The van der Waals surface area contributed by atoms with E-state index in [1.165, 1.54) is 10.6 Å². The van der Waals surface area contributed by atoms with E-state index in [0.29, 0.717) is 28.5 Å². The van der Waals surface area contributed by atoms with E-state index >= 15 is 0 Å². The van der Waals surface area contributed by atoms with Gasteiger partial charge in [0.15, 0.2) is 5.82 Å². The van der Waals surface area contributed by atoms with Crippen LogP contribution < -0.4 is 10.9 Å². The summed E-state index contributed by atoms with van der Waals surface area (Å²) in [6.07, 6.45) is 2.09. The van der Waals surface area contributed by atoms with Crippen LogP contribution in [0, 0.1) is 6.92 Å². The first-order valence-corrected chi connectivity index (χ1v) is 13.5. The SMILES string of the molecule is Cc1cc(Cl)ccc1C(/C(Cc1ccc(=O)n(C)c1)=N/O)c1ccc(-c2ccc(C(=O)NCc3nn[nH]n3)cc2)cc1. The maximum absolute atomic E-state index is 12.5. The van der Waals surface area contributed by atoms with Crippen molar-refractivity contribution in [2.24, 2.45) is 12.2 Å². The van der Waals surface area contributed by atoms with Gasteiger partial charge in [-0.15, -0.1) is 10.2 Å². The smallest absolute Gasteiger partial charge is 0.251 e. The van der Waals surface area contributed by atoms with Gasteiger partial charge >= 0.3 is 0 Å². The lowest BCUT2D eigenvalue weighted by Gasteiger charge is -2.22. The second-order valence-corrected chi connectivity index (χ2v) is 10.3. The molecule has 0 fully saturated rings. The van der Waals surface area contributed by atoms with E-state index in [1.54, 1.807) is 31.4 Å². The number of hydrogen-bond donors (Lipinski definition) is 3. The molecule has 2 heterocycles. The Morgan fingerprint density at radius 3 is 2.38 bits per heavy atom. The van der Waals surface area contributed by atoms with Crippen LogP contribution in [0.25, 0.3) is 11.1 Å². The van der Waals surface area contributed by atoms with Crippen molar-refractivity contribution in [3.8, 4) is 11.1 Å². The van der Waals surface area contributed by atoms with Crippen LogP contribution in [0.15, 0.2) is 95.0 Å². The number of aromatic nitrogens is 5. The number of carbonyl (C=O) groups is 1. The van der Waals surface area contributed by atoms with E-state index in [-0.39, 0.29) is 23.9 Å². The highest BCUT2D eigenvalue weighted by atomic mass is 35.5. The fourth-order valence-electron chi connectivity index (χ4n) is 4.88. The molecule has 0 saturated heterocycles. The third kappa shape index (κ3) is 6.45. The Morgan fingerprint density at radius 1 is 1.05 bits per heavy atom. The molecule has 0 aliphatic heterocycles. The van der Waals surface area contributed by atoms with Gasteiger partial charge in [-0.3, -0.25) is 9.59 Å². The molecule has 0 saturated carbocycles. The molecule has 10 nitrogen and oxygen atoms in total. The Hall–Kier alpha value is -5.09. The summed E-state index contributed by atoms with van der Waals surface area (Å²) in [6.45, 7) is 2.15. The summed E-state index contributed by atoms with van der Waals surface area (Å²) < 4.78 is 1.50. The quantitative estimate of drug-likeness (QED) is 0.131. The molecule has 5 aromatic rings. The maximum Gasteiger partial charge on any atom is 0.251 e.